The zero-order chi connectivity index (χ0) is 14.8. The average Bonchev–Trinajstić information content (AvgIpc) is 2.26. The molecule has 0 heterocycles. The lowest BCUT2D eigenvalue weighted by Gasteiger charge is -2.42. The van der Waals surface area contributed by atoms with Crippen LogP contribution in [0.15, 0.2) is 0 Å². The van der Waals surface area contributed by atoms with E-state index in [-0.39, 0.29) is 25.2 Å². The summed E-state index contributed by atoms with van der Waals surface area (Å²) in [6.45, 7) is 3.41. The van der Waals surface area contributed by atoms with Crippen molar-refractivity contribution in [2.45, 2.75) is 51.3 Å². The summed E-state index contributed by atoms with van der Waals surface area (Å²) in [7, 11) is 1.19. The number of aliphatic hydroxyl groups is 1. The Hall–Kier alpha value is -0.780. The van der Waals surface area contributed by atoms with Gasteiger partial charge in [0.15, 0.2) is 0 Å². The predicted molar refractivity (Wildman–Crippen MR) is 63.3 cm³/mol. The second kappa shape index (κ2) is 5.69. The molecule has 0 aromatic carbocycles. The molecule has 1 aliphatic rings. The lowest BCUT2D eigenvalue weighted by atomic mass is 9.68. The number of ether oxygens (including phenoxy) is 1. The van der Waals surface area contributed by atoms with E-state index in [0.29, 0.717) is 0 Å². The van der Waals surface area contributed by atoms with E-state index in [4.69, 9.17) is 0 Å². The molecule has 0 spiro atoms. The zero-order valence-electron chi connectivity index (χ0n) is 11.5. The van der Waals surface area contributed by atoms with Crippen molar-refractivity contribution in [3.05, 3.63) is 0 Å². The lowest BCUT2D eigenvalue weighted by molar-refractivity contribution is -0.212. The van der Waals surface area contributed by atoms with Gasteiger partial charge in [-0.15, -0.1) is 0 Å². The highest BCUT2D eigenvalue weighted by molar-refractivity contribution is 5.74. The van der Waals surface area contributed by atoms with E-state index in [9.17, 15) is 23.1 Å². The first-order valence-corrected chi connectivity index (χ1v) is 6.48. The van der Waals surface area contributed by atoms with Crippen molar-refractivity contribution < 1.29 is 27.8 Å². The highest BCUT2D eigenvalue weighted by Gasteiger charge is 2.52. The van der Waals surface area contributed by atoms with Gasteiger partial charge < -0.3 is 9.84 Å². The van der Waals surface area contributed by atoms with Gasteiger partial charge in [-0.05, 0) is 31.6 Å². The second-order valence-electron chi connectivity index (χ2n) is 5.68. The van der Waals surface area contributed by atoms with Gasteiger partial charge in [0.25, 0.3) is 0 Å². The summed E-state index contributed by atoms with van der Waals surface area (Å²) < 4.78 is 43.0. The minimum atomic E-state index is -4.33. The van der Waals surface area contributed by atoms with E-state index < -0.39 is 36.0 Å². The summed E-state index contributed by atoms with van der Waals surface area (Å²) in [6.07, 6.45) is -4.27. The monoisotopic (exact) mass is 282 g/mol. The van der Waals surface area contributed by atoms with Gasteiger partial charge in [-0.25, -0.2) is 0 Å². The van der Waals surface area contributed by atoms with Crippen LogP contribution in [0.2, 0.25) is 0 Å². The Bertz CT molecular complexity index is 328. The Morgan fingerprint density at radius 3 is 2.42 bits per heavy atom. The molecule has 0 aromatic rings. The van der Waals surface area contributed by atoms with Crippen molar-refractivity contribution in [1.82, 2.24) is 0 Å². The average molecular weight is 282 g/mol. The molecule has 3 nitrogen and oxygen atoms in total. The van der Waals surface area contributed by atoms with E-state index in [2.05, 4.69) is 4.74 Å². The number of carbonyl (C=O) groups excluding carboxylic acids is 1. The molecule has 0 aliphatic heterocycles. The Morgan fingerprint density at radius 1 is 1.42 bits per heavy atom. The van der Waals surface area contributed by atoms with Crippen LogP contribution in [0.25, 0.3) is 0 Å². The van der Waals surface area contributed by atoms with Crippen LogP contribution in [-0.4, -0.2) is 30.0 Å². The normalized spacial score (nSPS) is 30.2. The van der Waals surface area contributed by atoms with Crippen LogP contribution in [-0.2, 0) is 9.53 Å². The molecule has 3 unspecified atom stereocenters. The fourth-order valence-corrected chi connectivity index (χ4v) is 3.09. The summed E-state index contributed by atoms with van der Waals surface area (Å²) >= 11 is 0. The third-order valence-corrected chi connectivity index (χ3v) is 3.93. The van der Waals surface area contributed by atoms with E-state index in [0.717, 1.165) is 0 Å². The Labute approximate surface area is 111 Å². The summed E-state index contributed by atoms with van der Waals surface area (Å²) in [5.74, 6) is -3.37. The van der Waals surface area contributed by atoms with Gasteiger partial charge in [-0.1, -0.05) is 13.8 Å². The molecule has 0 radical (unpaired) electrons. The molecule has 112 valence electrons. The molecule has 1 rings (SSSR count). The topological polar surface area (TPSA) is 46.5 Å². The third-order valence-electron chi connectivity index (χ3n) is 3.93. The maximum atomic E-state index is 12.8. The number of rotatable bonds is 3. The van der Waals surface area contributed by atoms with Gasteiger partial charge in [-0.2, -0.15) is 13.2 Å². The van der Waals surface area contributed by atoms with Crippen molar-refractivity contribution >= 4 is 5.97 Å². The maximum Gasteiger partial charge on any atom is 0.391 e. The first-order valence-electron chi connectivity index (χ1n) is 6.48. The van der Waals surface area contributed by atoms with Crippen LogP contribution in [0, 0.1) is 17.8 Å². The molecule has 1 saturated carbocycles. The van der Waals surface area contributed by atoms with Crippen LogP contribution in [0.1, 0.15) is 39.5 Å². The van der Waals surface area contributed by atoms with Crippen molar-refractivity contribution in [2.75, 3.05) is 7.11 Å². The molecular formula is C13H21F3O3. The molecule has 19 heavy (non-hydrogen) atoms. The molecule has 6 heteroatoms. The van der Waals surface area contributed by atoms with Gasteiger partial charge in [0, 0.05) is 0 Å². The van der Waals surface area contributed by atoms with Crippen molar-refractivity contribution in [2.24, 2.45) is 17.8 Å². The standard InChI is InChI=1S/C13H21F3O3/c1-8(2)10(11(17)19-3)12(18)6-4-5-9(7-12)13(14,15)16/h8-10,18H,4-7H2,1-3H3. The first kappa shape index (κ1) is 16.3. The zero-order valence-corrected chi connectivity index (χ0v) is 11.5. The Kier molecular flexibility index (Phi) is 4.87. The highest BCUT2D eigenvalue weighted by Crippen LogP contribution is 2.46. The summed E-state index contributed by atoms with van der Waals surface area (Å²) in [4.78, 5) is 11.8. The number of esters is 1. The summed E-state index contributed by atoms with van der Waals surface area (Å²) in [6, 6.07) is 0. The fraction of sp³-hybridized carbons (Fsp3) is 0.923. The molecular weight excluding hydrogens is 261 g/mol. The highest BCUT2D eigenvalue weighted by atomic mass is 19.4. The van der Waals surface area contributed by atoms with E-state index in [1.54, 1.807) is 13.8 Å². The number of carbonyl (C=O) groups is 1. The molecule has 0 amide bonds. The van der Waals surface area contributed by atoms with Gasteiger partial charge in [0.2, 0.25) is 0 Å². The van der Waals surface area contributed by atoms with Crippen LogP contribution in [0.3, 0.4) is 0 Å². The summed E-state index contributed by atoms with van der Waals surface area (Å²) in [5, 5.41) is 10.5. The van der Waals surface area contributed by atoms with Crippen molar-refractivity contribution in [3.63, 3.8) is 0 Å². The molecule has 0 saturated heterocycles. The molecule has 1 N–H and O–H groups in total. The van der Waals surface area contributed by atoms with Crippen LogP contribution in [0.5, 0.6) is 0 Å². The third kappa shape index (κ3) is 3.61. The molecule has 0 bridgehead atoms. The molecule has 0 aromatic heterocycles. The predicted octanol–water partition coefficient (Wildman–Crippen LogP) is 2.92. The van der Waals surface area contributed by atoms with Crippen molar-refractivity contribution in [3.8, 4) is 0 Å². The second-order valence-corrected chi connectivity index (χ2v) is 5.68. The van der Waals surface area contributed by atoms with Crippen LogP contribution >= 0.6 is 0 Å². The lowest BCUT2D eigenvalue weighted by Crippen LogP contribution is -2.50. The smallest absolute Gasteiger partial charge is 0.391 e. The largest absolute Gasteiger partial charge is 0.469 e. The van der Waals surface area contributed by atoms with Gasteiger partial charge in [0.05, 0.1) is 24.5 Å². The number of hydrogen-bond acceptors (Lipinski definition) is 3. The van der Waals surface area contributed by atoms with E-state index >= 15 is 0 Å². The fourth-order valence-electron chi connectivity index (χ4n) is 3.09. The first-order chi connectivity index (χ1) is 8.62. The Balaban J connectivity index is 2.97. The number of halogens is 3. The SMILES string of the molecule is COC(=O)C(C(C)C)C1(O)CCCC(C(F)(F)F)C1. The summed E-state index contributed by atoms with van der Waals surface area (Å²) in [5.41, 5.74) is -1.63. The van der Waals surface area contributed by atoms with E-state index in [1.807, 2.05) is 0 Å². The minimum Gasteiger partial charge on any atom is -0.469 e. The molecule has 3 atom stereocenters. The quantitative estimate of drug-likeness (QED) is 0.810. The maximum absolute atomic E-state index is 12.8. The molecule has 1 fully saturated rings. The molecule has 1 aliphatic carbocycles. The number of hydrogen-bond donors (Lipinski definition) is 1. The van der Waals surface area contributed by atoms with E-state index in [1.165, 1.54) is 7.11 Å². The van der Waals surface area contributed by atoms with Crippen LogP contribution < -0.4 is 0 Å². The number of alkyl halides is 3. The van der Waals surface area contributed by atoms with Gasteiger partial charge in [0.1, 0.15) is 0 Å². The van der Waals surface area contributed by atoms with Gasteiger partial charge >= 0.3 is 12.1 Å². The number of methoxy groups -OCH3 is 1. The van der Waals surface area contributed by atoms with Gasteiger partial charge in [-0.3, -0.25) is 4.79 Å². The van der Waals surface area contributed by atoms with Crippen LogP contribution in [0.4, 0.5) is 13.2 Å². The Morgan fingerprint density at radius 2 is 2.00 bits per heavy atom. The minimum absolute atomic E-state index is 0.0117. The van der Waals surface area contributed by atoms with Crippen molar-refractivity contribution in [1.29, 1.82) is 0 Å².